The highest BCUT2D eigenvalue weighted by Crippen LogP contribution is 2.79. The van der Waals surface area contributed by atoms with Gasteiger partial charge in [0, 0.05) is 11.4 Å². The van der Waals surface area contributed by atoms with E-state index in [9.17, 15) is 0 Å². The molecule has 0 atom stereocenters. The van der Waals surface area contributed by atoms with Crippen molar-refractivity contribution >= 4 is 34.2 Å². The van der Waals surface area contributed by atoms with Crippen LogP contribution in [0.25, 0.3) is 0 Å². The lowest BCUT2D eigenvalue weighted by Crippen LogP contribution is -2.11. The van der Waals surface area contributed by atoms with Gasteiger partial charge in [-0.25, -0.2) is 0 Å². The number of benzene rings is 2. The first kappa shape index (κ1) is 33.1. The number of rotatable bonds is 20. The minimum atomic E-state index is -3.18. The molecular weight excluding hydrogens is 563 g/mol. The van der Waals surface area contributed by atoms with Crippen molar-refractivity contribution in [3.8, 4) is 0 Å². The summed E-state index contributed by atoms with van der Waals surface area (Å²) >= 11 is 0. The normalized spacial score (nSPS) is 16.8. The van der Waals surface area contributed by atoms with Crippen LogP contribution < -0.4 is 10.2 Å². The molecule has 12 heteroatoms. The van der Waals surface area contributed by atoms with E-state index in [4.69, 9.17) is 31.6 Å². The minimum Gasteiger partial charge on any atom is -0.318 e. The van der Waals surface area contributed by atoms with Crippen molar-refractivity contribution in [3.63, 3.8) is 0 Å². The van der Waals surface area contributed by atoms with E-state index in [0.29, 0.717) is 26.4 Å². The lowest BCUT2D eigenvalue weighted by molar-refractivity contribution is 0.223. The number of unbranched alkanes of at least 4 members (excludes halogenated alkanes) is 4. The Labute approximate surface area is 241 Å². The summed E-state index contributed by atoms with van der Waals surface area (Å²) in [6.45, 7) is 10.5. The van der Waals surface area contributed by atoms with Crippen LogP contribution in [0.1, 0.15) is 79.1 Å². The highest BCUT2D eigenvalue weighted by Gasteiger charge is 2.41. The lowest BCUT2D eigenvalue weighted by Gasteiger charge is -2.35. The lowest BCUT2D eigenvalue weighted by atomic mass is 10.3. The first-order valence-corrected chi connectivity index (χ1v) is 19.4. The van der Waals surface area contributed by atoms with Crippen molar-refractivity contribution in [2.24, 2.45) is 13.5 Å². The molecule has 0 fully saturated rings. The topological polar surface area (TPSA) is 98.1 Å². The van der Waals surface area contributed by atoms with Crippen LogP contribution in [0.5, 0.6) is 0 Å². The molecular formula is C28H48N5O4P3. The molecule has 0 saturated carbocycles. The Hall–Kier alpha value is -1.43. The molecule has 0 saturated heterocycles. The molecule has 0 aliphatic carbocycles. The molecule has 2 aromatic rings. The molecule has 0 bridgehead atoms. The van der Waals surface area contributed by atoms with E-state index in [2.05, 4.69) is 37.9 Å². The van der Waals surface area contributed by atoms with Crippen molar-refractivity contribution in [3.05, 3.63) is 60.7 Å². The third-order valence-electron chi connectivity index (χ3n) is 5.86. The predicted octanol–water partition coefficient (Wildman–Crippen LogP) is 11.3. The molecule has 9 nitrogen and oxygen atoms in total. The Morgan fingerprint density at radius 1 is 0.500 bits per heavy atom. The molecule has 2 N–H and O–H groups in total. The summed E-state index contributed by atoms with van der Waals surface area (Å²) in [5, 5.41) is 7.31. The smallest absolute Gasteiger partial charge is 0.318 e. The van der Waals surface area contributed by atoms with Crippen LogP contribution in [-0.2, 0) is 18.1 Å². The second-order valence-electron chi connectivity index (χ2n) is 9.55. The van der Waals surface area contributed by atoms with Crippen LogP contribution in [0.4, 0.5) is 11.4 Å². The minimum absolute atomic E-state index is 0.490. The van der Waals surface area contributed by atoms with Gasteiger partial charge in [-0.2, -0.15) is 9.03 Å². The number of hydrogen-bond donors (Lipinski definition) is 2. The molecule has 1 aliphatic rings. The molecule has 2 aromatic carbocycles. The van der Waals surface area contributed by atoms with Gasteiger partial charge in [0.05, 0.1) is 26.4 Å². The molecule has 40 heavy (non-hydrogen) atoms. The van der Waals surface area contributed by atoms with Gasteiger partial charge < -0.3 is 28.3 Å². The molecule has 0 amide bonds. The van der Waals surface area contributed by atoms with E-state index < -0.39 is 22.8 Å². The average molecular weight is 612 g/mol. The summed E-state index contributed by atoms with van der Waals surface area (Å²) in [4.78, 5) is 0. The Morgan fingerprint density at radius 3 is 1.20 bits per heavy atom. The molecule has 3 rings (SSSR count). The molecule has 0 radical (unpaired) electrons. The van der Waals surface area contributed by atoms with Crippen LogP contribution in [0.15, 0.2) is 74.2 Å². The zero-order valence-corrected chi connectivity index (χ0v) is 27.3. The molecule has 0 spiro atoms. The Morgan fingerprint density at radius 2 is 0.850 bits per heavy atom. The number of hydrogen-bond acceptors (Lipinski definition) is 9. The van der Waals surface area contributed by atoms with Crippen LogP contribution in [0.3, 0.4) is 0 Å². The van der Waals surface area contributed by atoms with Crippen LogP contribution >= 0.6 is 22.8 Å². The number of anilines is 2. The SMILES string of the molecule is CCCCOP1(OCCCC)=NP(Nc2ccccc2)(Nc2ccccc2)=NP(OCCCC)(OCCCC)=N1. The first-order chi connectivity index (χ1) is 19.5. The van der Waals surface area contributed by atoms with Gasteiger partial charge >= 0.3 is 15.3 Å². The molecule has 0 unspecified atom stereocenters. The summed E-state index contributed by atoms with van der Waals surface area (Å²) in [7, 11) is -9.38. The van der Waals surface area contributed by atoms with E-state index in [0.717, 1.165) is 62.7 Å². The van der Waals surface area contributed by atoms with Gasteiger partial charge in [0.1, 0.15) is 0 Å². The van der Waals surface area contributed by atoms with Gasteiger partial charge in [-0.15, -0.1) is 4.52 Å². The molecule has 0 aromatic heterocycles. The van der Waals surface area contributed by atoms with Crippen LogP contribution in [0.2, 0.25) is 0 Å². The van der Waals surface area contributed by atoms with E-state index in [1.165, 1.54) is 0 Å². The highest BCUT2D eigenvalue weighted by atomic mass is 31.3. The molecule has 1 heterocycles. The maximum atomic E-state index is 6.57. The number of nitrogens with zero attached hydrogens (tertiary/aromatic N) is 3. The monoisotopic (exact) mass is 611 g/mol. The van der Waals surface area contributed by atoms with E-state index in [1.807, 2.05) is 60.7 Å². The maximum absolute atomic E-state index is 6.57. The van der Waals surface area contributed by atoms with Crippen LogP contribution in [0, 0.1) is 0 Å². The van der Waals surface area contributed by atoms with Crippen molar-refractivity contribution in [1.29, 1.82) is 0 Å². The third kappa shape index (κ3) is 10.4. The fourth-order valence-electron chi connectivity index (χ4n) is 3.62. The van der Waals surface area contributed by atoms with E-state index in [-0.39, 0.29) is 0 Å². The van der Waals surface area contributed by atoms with E-state index in [1.54, 1.807) is 0 Å². The van der Waals surface area contributed by atoms with Crippen molar-refractivity contribution in [1.82, 2.24) is 0 Å². The summed E-state index contributed by atoms with van der Waals surface area (Å²) in [5.74, 6) is 0. The van der Waals surface area contributed by atoms with Gasteiger partial charge in [-0.1, -0.05) is 89.8 Å². The highest BCUT2D eigenvalue weighted by molar-refractivity contribution is 7.83. The summed E-state index contributed by atoms with van der Waals surface area (Å²) in [6, 6.07) is 20.0. The van der Waals surface area contributed by atoms with Gasteiger partial charge in [-0.05, 0) is 49.9 Å². The van der Waals surface area contributed by atoms with Crippen molar-refractivity contribution in [2.45, 2.75) is 79.1 Å². The van der Waals surface area contributed by atoms with E-state index >= 15 is 0 Å². The number of para-hydroxylation sites is 2. The van der Waals surface area contributed by atoms with Gasteiger partial charge in [0.2, 0.25) is 0 Å². The Balaban J connectivity index is 2.28. The summed E-state index contributed by atoms with van der Waals surface area (Å²) in [5.41, 5.74) is 1.77. The second-order valence-corrected chi connectivity index (χ2v) is 16.3. The van der Waals surface area contributed by atoms with Crippen molar-refractivity contribution < 1.29 is 18.1 Å². The first-order valence-electron chi connectivity index (χ1n) is 14.7. The third-order valence-corrected chi connectivity index (χ3v) is 14.8. The zero-order chi connectivity index (χ0) is 28.6. The zero-order valence-electron chi connectivity index (χ0n) is 24.6. The molecule has 1 aliphatic heterocycles. The van der Waals surface area contributed by atoms with Gasteiger partial charge in [0.25, 0.3) is 7.51 Å². The Kier molecular flexibility index (Phi) is 14.5. The number of nitrogens with one attached hydrogen (secondary N) is 2. The van der Waals surface area contributed by atoms with Crippen molar-refractivity contribution in [2.75, 3.05) is 36.6 Å². The largest absolute Gasteiger partial charge is 0.348 e. The standard InChI is InChI=1S/C28H48N5O4P3/c1-5-9-23-34-39(35-24-10-6-2)31-38(29-27-19-15-13-16-20-27,30-28-21-17-14-18-22-28)32-40(33-39,36-25-11-7-3)37-26-12-8-4/h13-22,29-30H,5-12,23-26H2,1-4H3. The van der Waals surface area contributed by atoms with Gasteiger partial charge in [0.15, 0.2) is 0 Å². The van der Waals surface area contributed by atoms with Crippen LogP contribution in [-0.4, -0.2) is 26.4 Å². The quantitative estimate of drug-likeness (QED) is 0.114. The summed E-state index contributed by atoms with van der Waals surface area (Å²) < 4.78 is 42.1. The average Bonchev–Trinajstić information content (AvgIpc) is 2.94. The fourth-order valence-corrected chi connectivity index (χ4v) is 13.8. The van der Waals surface area contributed by atoms with Gasteiger partial charge in [-0.3, -0.25) is 0 Å². The predicted molar refractivity (Wildman–Crippen MR) is 172 cm³/mol. The fraction of sp³-hybridized carbons (Fsp3) is 0.571. The second kappa shape index (κ2) is 17.5. The Bertz CT molecular complexity index is 1070. The summed E-state index contributed by atoms with van der Waals surface area (Å²) in [6.07, 6.45) is 7.48. The maximum Gasteiger partial charge on any atom is 0.348 e. The molecule has 224 valence electrons.